The molecule has 1 unspecified atom stereocenters. The maximum absolute atomic E-state index is 4.15. The van der Waals surface area contributed by atoms with E-state index < -0.39 is 0 Å². The van der Waals surface area contributed by atoms with E-state index in [1.54, 1.807) is 0 Å². The Morgan fingerprint density at radius 3 is 2.33 bits per heavy atom. The molecular formula is C18H29N3. The zero-order chi connectivity index (χ0) is 14.9. The lowest BCUT2D eigenvalue weighted by molar-refractivity contribution is 0.0171. The van der Waals surface area contributed by atoms with Gasteiger partial charge in [-0.1, -0.05) is 0 Å². The number of nitrogens with zero attached hydrogens (tertiary/aromatic N) is 3. The van der Waals surface area contributed by atoms with E-state index in [0.717, 1.165) is 0 Å². The number of hydrogen-bond acceptors (Lipinski definition) is 3. The van der Waals surface area contributed by atoms with Gasteiger partial charge >= 0.3 is 0 Å². The maximum Gasteiger partial charge on any atom is 0.0397 e. The van der Waals surface area contributed by atoms with E-state index in [-0.39, 0.29) is 0 Å². The molecular weight excluding hydrogens is 258 g/mol. The number of hydrogen-bond donors (Lipinski definition) is 0. The monoisotopic (exact) mass is 287 g/mol. The van der Waals surface area contributed by atoms with Crippen molar-refractivity contribution in [3.63, 3.8) is 0 Å². The van der Waals surface area contributed by atoms with E-state index in [1.807, 2.05) is 12.4 Å². The van der Waals surface area contributed by atoms with Crippen molar-refractivity contribution in [2.75, 3.05) is 31.1 Å². The fraction of sp³-hybridized carbons (Fsp3) is 0.722. The highest BCUT2D eigenvalue weighted by Crippen LogP contribution is 2.41. The molecule has 2 aliphatic rings. The van der Waals surface area contributed by atoms with Crippen molar-refractivity contribution in [1.82, 2.24) is 9.88 Å². The van der Waals surface area contributed by atoms with Gasteiger partial charge < -0.3 is 4.90 Å². The number of likely N-dealkylation sites (tertiary alicyclic amines) is 1. The third-order valence-electron chi connectivity index (χ3n) is 5.30. The summed E-state index contributed by atoms with van der Waals surface area (Å²) in [6, 6.07) is 4.31. The van der Waals surface area contributed by atoms with Crippen LogP contribution in [0.3, 0.4) is 0 Å². The number of aromatic nitrogens is 1. The first kappa shape index (κ1) is 14.8. The minimum absolute atomic E-state index is 0.298. The SMILES string of the molecule is CC(C)(C)N1CCCC2(CCCN(c3ccncc3)C2)C1. The van der Waals surface area contributed by atoms with Gasteiger partial charge in [0.05, 0.1) is 0 Å². The standard InChI is InChI=1S/C18H29N3/c1-17(2,3)21-13-5-9-18(15-21)8-4-12-20(14-18)16-6-10-19-11-7-16/h6-7,10-11H,4-5,8-9,12-15H2,1-3H3. The lowest BCUT2D eigenvalue weighted by atomic mass is 9.72. The molecule has 1 aromatic heterocycles. The second-order valence-electron chi connectivity index (χ2n) is 7.93. The Morgan fingerprint density at radius 1 is 1.00 bits per heavy atom. The normalized spacial score (nSPS) is 28.0. The smallest absolute Gasteiger partial charge is 0.0397 e. The molecule has 1 atom stereocenters. The summed E-state index contributed by atoms with van der Waals surface area (Å²) in [7, 11) is 0. The molecule has 0 saturated carbocycles. The van der Waals surface area contributed by atoms with Crippen molar-refractivity contribution < 1.29 is 0 Å². The van der Waals surface area contributed by atoms with E-state index >= 15 is 0 Å². The molecule has 3 heterocycles. The van der Waals surface area contributed by atoms with E-state index in [4.69, 9.17) is 0 Å². The second-order valence-corrected chi connectivity index (χ2v) is 7.93. The van der Waals surface area contributed by atoms with Crippen LogP contribution >= 0.6 is 0 Å². The Morgan fingerprint density at radius 2 is 1.67 bits per heavy atom. The van der Waals surface area contributed by atoms with Gasteiger partial charge in [0, 0.05) is 48.7 Å². The molecule has 116 valence electrons. The fourth-order valence-electron chi connectivity index (χ4n) is 4.10. The van der Waals surface area contributed by atoms with Gasteiger partial charge in [-0.25, -0.2) is 0 Å². The van der Waals surface area contributed by atoms with Gasteiger partial charge in [-0.3, -0.25) is 9.88 Å². The van der Waals surface area contributed by atoms with Crippen molar-refractivity contribution in [1.29, 1.82) is 0 Å². The zero-order valence-corrected chi connectivity index (χ0v) is 13.8. The topological polar surface area (TPSA) is 19.4 Å². The predicted octanol–water partition coefficient (Wildman–Crippen LogP) is 3.56. The van der Waals surface area contributed by atoms with Crippen molar-refractivity contribution in [3.8, 4) is 0 Å². The molecule has 0 N–H and O–H groups in total. The van der Waals surface area contributed by atoms with Crippen LogP contribution in [-0.4, -0.2) is 41.6 Å². The summed E-state index contributed by atoms with van der Waals surface area (Å²) < 4.78 is 0. The highest BCUT2D eigenvalue weighted by atomic mass is 15.2. The van der Waals surface area contributed by atoms with Gasteiger partial charge in [-0.2, -0.15) is 0 Å². The Hall–Kier alpha value is -1.09. The van der Waals surface area contributed by atoms with Crippen LogP contribution in [0.15, 0.2) is 24.5 Å². The molecule has 0 radical (unpaired) electrons. The van der Waals surface area contributed by atoms with Gasteiger partial charge in [0.1, 0.15) is 0 Å². The van der Waals surface area contributed by atoms with Gasteiger partial charge in [0.15, 0.2) is 0 Å². The van der Waals surface area contributed by atoms with Gasteiger partial charge in [0.25, 0.3) is 0 Å². The average molecular weight is 287 g/mol. The summed E-state index contributed by atoms with van der Waals surface area (Å²) in [4.78, 5) is 9.44. The lowest BCUT2D eigenvalue weighted by Gasteiger charge is -2.52. The van der Waals surface area contributed by atoms with E-state index in [1.165, 1.54) is 57.5 Å². The van der Waals surface area contributed by atoms with Crippen molar-refractivity contribution in [3.05, 3.63) is 24.5 Å². The van der Waals surface area contributed by atoms with E-state index in [9.17, 15) is 0 Å². The molecule has 2 saturated heterocycles. The largest absolute Gasteiger partial charge is 0.371 e. The maximum atomic E-state index is 4.15. The molecule has 1 aromatic rings. The van der Waals surface area contributed by atoms with Gasteiger partial charge in [0.2, 0.25) is 0 Å². The number of pyridine rings is 1. The Kier molecular flexibility index (Phi) is 3.96. The van der Waals surface area contributed by atoms with Crippen molar-refractivity contribution in [2.24, 2.45) is 5.41 Å². The quantitative estimate of drug-likeness (QED) is 0.787. The molecule has 0 aliphatic carbocycles. The lowest BCUT2D eigenvalue weighted by Crippen LogP contribution is -2.56. The molecule has 3 heteroatoms. The molecule has 21 heavy (non-hydrogen) atoms. The molecule has 2 fully saturated rings. The summed E-state index contributed by atoms with van der Waals surface area (Å²) in [5, 5.41) is 0. The predicted molar refractivity (Wildman–Crippen MR) is 88.7 cm³/mol. The molecule has 0 amide bonds. The highest BCUT2D eigenvalue weighted by molar-refractivity contribution is 5.45. The van der Waals surface area contributed by atoms with Gasteiger partial charge in [-0.15, -0.1) is 0 Å². The molecule has 0 bridgehead atoms. The Labute approximate surface area is 129 Å². The molecule has 0 aromatic carbocycles. The van der Waals surface area contributed by atoms with Gasteiger partial charge in [-0.05, 0) is 65.1 Å². The number of piperidine rings is 2. The van der Waals surface area contributed by atoms with Crippen LogP contribution < -0.4 is 4.90 Å². The van der Waals surface area contributed by atoms with Crippen molar-refractivity contribution in [2.45, 2.75) is 52.0 Å². The third-order valence-corrected chi connectivity index (χ3v) is 5.30. The summed E-state index contributed by atoms with van der Waals surface area (Å²) in [5.41, 5.74) is 2.14. The zero-order valence-electron chi connectivity index (χ0n) is 13.8. The molecule has 3 nitrogen and oxygen atoms in total. The summed E-state index contributed by atoms with van der Waals surface area (Å²) >= 11 is 0. The minimum Gasteiger partial charge on any atom is -0.371 e. The van der Waals surface area contributed by atoms with Crippen molar-refractivity contribution >= 4 is 5.69 Å². The van der Waals surface area contributed by atoms with Crippen LogP contribution in [0.1, 0.15) is 46.5 Å². The average Bonchev–Trinajstić information content (AvgIpc) is 2.47. The Balaban J connectivity index is 1.75. The Bertz CT molecular complexity index is 461. The number of anilines is 1. The summed E-state index contributed by atoms with van der Waals surface area (Å²) in [5.74, 6) is 0. The van der Waals surface area contributed by atoms with Crippen LogP contribution in [0.4, 0.5) is 5.69 Å². The van der Waals surface area contributed by atoms with Crippen LogP contribution in [0.2, 0.25) is 0 Å². The molecule has 3 rings (SSSR count). The van der Waals surface area contributed by atoms with Crippen LogP contribution in [0.5, 0.6) is 0 Å². The van der Waals surface area contributed by atoms with Crippen LogP contribution in [0.25, 0.3) is 0 Å². The first-order chi connectivity index (χ1) is 9.99. The first-order valence-electron chi connectivity index (χ1n) is 8.39. The molecule has 2 aliphatic heterocycles. The van der Waals surface area contributed by atoms with Crippen LogP contribution in [0, 0.1) is 5.41 Å². The van der Waals surface area contributed by atoms with E-state index in [0.29, 0.717) is 11.0 Å². The van der Waals surface area contributed by atoms with Crippen LogP contribution in [-0.2, 0) is 0 Å². The highest BCUT2D eigenvalue weighted by Gasteiger charge is 2.41. The van der Waals surface area contributed by atoms with E-state index in [2.05, 4.69) is 47.7 Å². The first-order valence-corrected chi connectivity index (χ1v) is 8.39. The minimum atomic E-state index is 0.298. The fourth-order valence-corrected chi connectivity index (χ4v) is 4.10. The summed E-state index contributed by atoms with van der Waals surface area (Å²) in [6.45, 7) is 12.0. The number of rotatable bonds is 1. The summed E-state index contributed by atoms with van der Waals surface area (Å²) in [6.07, 6.45) is 9.28. The molecule has 1 spiro atoms. The third kappa shape index (κ3) is 3.23. The second kappa shape index (κ2) is 5.60.